The van der Waals surface area contributed by atoms with E-state index < -0.39 is 0 Å². The Balaban J connectivity index is 2.33. The fraction of sp³-hybridized carbons (Fsp3) is 0.467. The molecule has 0 saturated heterocycles. The van der Waals surface area contributed by atoms with Crippen LogP contribution in [0.1, 0.15) is 35.6 Å². The number of aromatic nitrogens is 1. The van der Waals surface area contributed by atoms with Crippen LogP contribution in [0.2, 0.25) is 0 Å². The minimum atomic E-state index is 0.552. The van der Waals surface area contributed by atoms with Crippen molar-refractivity contribution >= 4 is 10.9 Å². The van der Waals surface area contributed by atoms with Gasteiger partial charge < -0.3 is 10.3 Å². The topological polar surface area (TPSA) is 30.9 Å². The molecule has 2 N–H and O–H groups in total. The number of fused-ring (bicyclic) bond motifs is 3. The number of rotatable bonds is 1. The van der Waals surface area contributed by atoms with Crippen LogP contribution in [0.4, 0.5) is 0 Å². The Morgan fingerprint density at radius 3 is 3.00 bits per heavy atom. The molecule has 90 valence electrons. The van der Waals surface area contributed by atoms with Crippen molar-refractivity contribution in [3.8, 4) is 0 Å². The molecule has 0 bridgehead atoms. The van der Waals surface area contributed by atoms with Crippen LogP contribution in [-0.4, -0.2) is 11.1 Å². The fourth-order valence-corrected chi connectivity index (χ4v) is 3.32. The molecule has 1 heterocycles. The zero-order valence-corrected chi connectivity index (χ0v) is 10.7. The van der Waals surface area contributed by atoms with Gasteiger partial charge in [-0.2, -0.15) is 0 Å². The van der Waals surface area contributed by atoms with Crippen molar-refractivity contribution in [2.24, 2.45) is 12.8 Å². The van der Waals surface area contributed by atoms with Crippen LogP contribution in [0.3, 0.4) is 0 Å². The maximum absolute atomic E-state index is 5.93. The van der Waals surface area contributed by atoms with Crippen LogP contribution in [0, 0.1) is 6.92 Å². The van der Waals surface area contributed by atoms with Crippen LogP contribution in [0.15, 0.2) is 18.2 Å². The highest BCUT2D eigenvalue weighted by atomic mass is 15.0. The zero-order chi connectivity index (χ0) is 12.0. The first-order valence-corrected chi connectivity index (χ1v) is 6.50. The van der Waals surface area contributed by atoms with E-state index in [9.17, 15) is 0 Å². The van der Waals surface area contributed by atoms with E-state index in [1.165, 1.54) is 41.4 Å². The highest BCUT2D eigenvalue weighted by Gasteiger charge is 2.25. The second kappa shape index (κ2) is 3.88. The van der Waals surface area contributed by atoms with Gasteiger partial charge in [-0.25, -0.2) is 0 Å². The van der Waals surface area contributed by atoms with Crippen LogP contribution in [-0.2, 0) is 13.5 Å². The summed E-state index contributed by atoms with van der Waals surface area (Å²) in [5.74, 6) is 0.552. The highest BCUT2D eigenvalue weighted by Crippen LogP contribution is 2.37. The molecule has 1 aromatic heterocycles. The number of aryl methyl sites for hydroxylation is 3. The quantitative estimate of drug-likeness (QED) is 0.799. The van der Waals surface area contributed by atoms with Crippen LogP contribution >= 0.6 is 0 Å². The van der Waals surface area contributed by atoms with E-state index in [0.29, 0.717) is 5.92 Å². The number of nitrogens with zero attached hydrogens (tertiary/aromatic N) is 1. The molecule has 0 fully saturated rings. The summed E-state index contributed by atoms with van der Waals surface area (Å²) in [4.78, 5) is 0. The van der Waals surface area contributed by atoms with Crippen LogP contribution in [0.5, 0.6) is 0 Å². The molecule has 0 radical (unpaired) electrons. The second-order valence-electron chi connectivity index (χ2n) is 5.27. The Hall–Kier alpha value is -1.28. The predicted octanol–water partition coefficient (Wildman–Crippen LogP) is 2.87. The fourth-order valence-electron chi connectivity index (χ4n) is 3.32. The van der Waals surface area contributed by atoms with E-state index in [1.54, 1.807) is 5.56 Å². The van der Waals surface area contributed by atoms with Crippen molar-refractivity contribution in [3.05, 3.63) is 35.0 Å². The molecule has 0 aliphatic heterocycles. The molecular weight excluding hydrogens is 208 g/mol. The highest BCUT2D eigenvalue weighted by molar-refractivity contribution is 5.86. The SMILES string of the molecule is Cc1ccc2c3c(n(C)c2c1)C(CN)CCC3. The Labute approximate surface area is 102 Å². The Kier molecular flexibility index (Phi) is 2.48. The molecule has 1 aromatic carbocycles. The standard InChI is InChI=1S/C15H20N2/c1-10-6-7-12-13-5-3-4-11(9-16)15(13)17(2)14(12)8-10/h6-8,11H,3-5,9,16H2,1-2H3. The van der Waals surface area contributed by atoms with E-state index in [4.69, 9.17) is 5.73 Å². The van der Waals surface area contributed by atoms with Gasteiger partial charge in [0.25, 0.3) is 0 Å². The van der Waals surface area contributed by atoms with Gasteiger partial charge in [0, 0.05) is 36.1 Å². The molecule has 2 nitrogen and oxygen atoms in total. The van der Waals surface area contributed by atoms with E-state index in [1.807, 2.05) is 0 Å². The average Bonchev–Trinajstić information content (AvgIpc) is 2.63. The molecule has 0 saturated carbocycles. The molecule has 0 amide bonds. The first-order chi connectivity index (χ1) is 8.22. The lowest BCUT2D eigenvalue weighted by Gasteiger charge is -2.23. The molecule has 1 unspecified atom stereocenters. The summed E-state index contributed by atoms with van der Waals surface area (Å²) in [6.45, 7) is 2.93. The number of benzene rings is 1. The van der Waals surface area contributed by atoms with E-state index in [-0.39, 0.29) is 0 Å². The molecular formula is C15H20N2. The van der Waals surface area contributed by atoms with Gasteiger partial charge >= 0.3 is 0 Å². The summed E-state index contributed by atoms with van der Waals surface area (Å²) in [6, 6.07) is 6.79. The monoisotopic (exact) mass is 228 g/mol. The molecule has 1 aliphatic rings. The van der Waals surface area contributed by atoms with Crippen LogP contribution < -0.4 is 5.73 Å². The van der Waals surface area contributed by atoms with Gasteiger partial charge in [-0.05, 0) is 43.4 Å². The van der Waals surface area contributed by atoms with Gasteiger partial charge in [-0.1, -0.05) is 12.1 Å². The maximum atomic E-state index is 5.93. The third kappa shape index (κ3) is 1.51. The first-order valence-electron chi connectivity index (χ1n) is 6.50. The minimum absolute atomic E-state index is 0.552. The summed E-state index contributed by atoms with van der Waals surface area (Å²) in [5.41, 5.74) is 11.7. The van der Waals surface area contributed by atoms with E-state index >= 15 is 0 Å². The lowest BCUT2D eigenvalue weighted by Crippen LogP contribution is -2.20. The van der Waals surface area contributed by atoms with Gasteiger partial charge in [-0.3, -0.25) is 0 Å². The summed E-state index contributed by atoms with van der Waals surface area (Å²) < 4.78 is 2.37. The Morgan fingerprint density at radius 1 is 1.41 bits per heavy atom. The normalized spacial score (nSPS) is 19.6. The minimum Gasteiger partial charge on any atom is -0.347 e. The summed E-state index contributed by atoms with van der Waals surface area (Å²) in [6.07, 6.45) is 3.74. The molecule has 3 rings (SSSR count). The van der Waals surface area contributed by atoms with Gasteiger partial charge in [0.05, 0.1) is 0 Å². The molecule has 17 heavy (non-hydrogen) atoms. The number of hydrogen-bond donors (Lipinski definition) is 1. The Morgan fingerprint density at radius 2 is 2.24 bits per heavy atom. The third-order valence-electron chi connectivity index (χ3n) is 4.16. The molecule has 1 atom stereocenters. The Bertz CT molecular complexity index is 566. The van der Waals surface area contributed by atoms with Gasteiger partial charge in [0.2, 0.25) is 0 Å². The molecule has 2 aromatic rings. The lowest BCUT2D eigenvalue weighted by molar-refractivity contribution is 0.534. The van der Waals surface area contributed by atoms with Crippen LogP contribution in [0.25, 0.3) is 10.9 Å². The average molecular weight is 228 g/mol. The smallest absolute Gasteiger partial charge is 0.0485 e. The number of nitrogens with two attached hydrogens (primary N) is 1. The molecule has 0 spiro atoms. The lowest BCUT2D eigenvalue weighted by atomic mass is 9.86. The zero-order valence-electron chi connectivity index (χ0n) is 10.7. The summed E-state index contributed by atoms with van der Waals surface area (Å²) in [7, 11) is 2.19. The second-order valence-corrected chi connectivity index (χ2v) is 5.27. The van der Waals surface area contributed by atoms with Gasteiger partial charge in [0.15, 0.2) is 0 Å². The van der Waals surface area contributed by atoms with E-state index in [2.05, 4.69) is 36.7 Å². The summed E-state index contributed by atoms with van der Waals surface area (Å²) >= 11 is 0. The van der Waals surface area contributed by atoms with Crippen molar-refractivity contribution < 1.29 is 0 Å². The summed E-state index contributed by atoms with van der Waals surface area (Å²) in [5, 5.41) is 1.44. The van der Waals surface area contributed by atoms with Crippen molar-refractivity contribution in [1.82, 2.24) is 4.57 Å². The van der Waals surface area contributed by atoms with E-state index in [0.717, 1.165) is 6.54 Å². The van der Waals surface area contributed by atoms with Crippen molar-refractivity contribution in [2.45, 2.75) is 32.1 Å². The molecule has 2 heteroatoms. The third-order valence-corrected chi connectivity index (χ3v) is 4.16. The van der Waals surface area contributed by atoms with Gasteiger partial charge in [0.1, 0.15) is 0 Å². The first kappa shape index (κ1) is 10.8. The van der Waals surface area contributed by atoms with Crippen molar-refractivity contribution in [1.29, 1.82) is 0 Å². The van der Waals surface area contributed by atoms with Gasteiger partial charge in [-0.15, -0.1) is 0 Å². The number of hydrogen-bond acceptors (Lipinski definition) is 1. The predicted molar refractivity (Wildman–Crippen MR) is 72.4 cm³/mol. The largest absolute Gasteiger partial charge is 0.347 e. The van der Waals surface area contributed by atoms with Crippen molar-refractivity contribution in [3.63, 3.8) is 0 Å². The maximum Gasteiger partial charge on any atom is 0.0485 e. The van der Waals surface area contributed by atoms with Crippen molar-refractivity contribution in [2.75, 3.05) is 6.54 Å². The molecule has 1 aliphatic carbocycles.